The summed E-state index contributed by atoms with van der Waals surface area (Å²) >= 11 is 2.05. The number of rotatable bonds is 3. The van der Waals surface area contributed by atoms with Gasteiger partial charge in [0.2, 0.25) is 0 Å². The smallest absolute Gasteiger partial charge is 0.171 e. The lowest BCUT2D eigenvalue weighted by Crippen LogP contribution is -2.08. The monoisotopic (exact) mass is 314 g/mol. The molecule has 0 saturated carbocycles. The standard InChI is InChI=1S/C10H10F3I/c11-10(12,13)7-6-9(14)8-4-2-1-3-5-8/h1-5,9H,6-7H2. The van der Waals surface area contributed by atoms with Crippen molar-refractivity contribution < 1.29 is 13.2 Å². The first-order valence-corrected chi connectivity index (χ1v) is 5.49. The predicted octanol–water partition coefficient (Wildman–Crippen LogP) is 4.51. The van der Waals surface area contributed by atoms with Crippen molar-refractivity contribution in [3.8, 4) is 0 Å². The molecule has 1 aromatic rings. The molecule has 1 unspecified atom stereocenters. The highest BCUT2D eigenvalue weighted by Crippen LogP contribution is 2.32. The van der Waals surface area contributed by atoms with Gasteiger partial charge in [0.15, 0.2) is 0 Å². The minimum atomic E-state index is -4.04. The second kappa shape index (κ2) is 5.00. The van der Waals surface area contributed by atoms with Crippen LogP contribution in [0.4, 0.5) is 13.2 Å². The van der Waals surface area contributed by atoms with Crippen LogP contribution in [0.2, 0.25) is 0 Å². The first kappa shape index (κ1) is 11.8. The van der Waals surface area contributed by atoms with Crippen molar-refractivity contribution >= 4 is 22.6 Å². The van der Waals surface area contributed by atoms with E-state index in [2.05, 4.69) is 0 Å². The van der Waals surface area contributed by atoms with E-state index in [0.717, 1.165) is 5.56 Å². The predicted molar refractivity (Wildman–Crippen MR) is 58.5 cm³/mol. The Labute approximate surface area is 94.6 Å². The zero-order chi connectivity index (χ0) is 10.6. The van der Waals surface area contributed by atoms with Crippen molar-refractivity contribution in [2.24, 2.45) is 0 Å². The number of hydrogen-bond acceptors (Lipinski definition) is 0. The molecule has 0 aliphatic rings. The van der Waals surface area contributed by atoms with Gasteiger partial charge in [0.05, 0.1) is 0 Å². The molecule has 1 aromatic carbocycles. The van der Waals surface area contributed by atoms with Crippen molar-refractivity contribution in [1.29, 1.82) is 0 Å². The third kappa shape index (κ3) is 4.30. The highest BCUT2D eigenvalue weighted by atomic mass is 127. The molecule has 0 saturated heterocycles. The lowest BCUT2D eigenvalue weighted by atomic mass is 10.1. The van der Waals surface area contributed by atoms with Crippen LogP contribution in [0.1, 0.15) is 22.3 Å². The van der Waals surface area contributed by atoms with Crippen LogP contribution in [0.5, 0.6) is 0 Å². The maximum absolute atomic E-state index is 11.9. The molecule has 0 bridgehead atoms. The molecule has 0 aliphatic carbocycles. The van der Waals surface area contributed by atoms with Crippen LogP contribution < -0.4 is 0 Å². The Morgan fingerprint density at radius 1 is 1.14 bits per heavy atom. The Morgan fingerprint density at radius 3 is 2.21 bits per heavy atom. The molecule has 0 N–H and O–H groups in total. The summed E-state index contributed by atoms with van der Waals surface area (Å²) in [6.45, 7) is 0. The zero-order valence-corrected chi connectivity index (χ0v) is 9.55. The van der Waals surface area contributed by atoms with E-state index in [0.29, 0.717) is 0 Å². The van der Waals surface area contributed by atoms with Crippen molar-refractivity contribution in [3.05, 3.63) is 35.9 Å². The molecule has 4 heteroatoms. The number of hydrogen-bond donors (Lipinski definition) is 0. The molecule has 0 heterocycles. The van der Waals surface area contributed by atoms with E-state index in [4.69, 9.17) is 0 Å². The van der Waals surface area contributed by atoms with Gasteiger partial charge in [0.1, 0.15) is 0 Å². The van der Waals surface area contributed by atoms with Crippen molar-refractivity contribution in [1.82, 2.24) is 0 Å². The SMILES string of the molecule is FC(F)(F)CCC(I)c1ccccc1. The fourth-order valence-electron chi connectivity index (χ4n) is 1.12. The summed E-state index contributed by atoms with van der Waals surface area (Å²) in [7, 11) is 0. The zero-order valence-electron chi connectivity index (χ0n) is 7.39. The second-order valence-corrected chi connectivity index (χ2v) is 4.54. The molecule has 0 aliphatic heterocycles. The summed E-state index contributed by atoms with van der Waals surface area (Å²) in [5.74, 6) is 0. The normalized spacial score (nSPS) is 14.0. The van der Waals surface area contributed by atoms with E-state index in [1.807, 2.05) is 52.9 Å². The maximum atomic E-state index is 11.9. The third-order valence-electron chi connectivity index (χ3n) is 1.84. The van der Waals surface area contributed by atoms with Gasteiger partial charge in [0.25, 0.3) is 0 Å². The molecule has 1 rings (SSSR count). The summed E-state index contributed by atoms with van der Waals surface area (Å²) in [6, 6.07) is 9.25. The van der Waals surface area contributed by atoms with Gasteiger partial charge >= 0.3 is 6.18 Å². The Bertz CT molecular complexity index is 268. The Hall–Kier alpha value is -0.260. The molecule has 0 radical (unpaired) electrons. The van der Waals surface area contributed by atoms with Crippen molar-refractivity contribution in [3.63, 3.8) is 0 Å². The average Bonchev–Trinajstić information content (AvgIpc) is 2.14. The second-order valence-electron chi connectivity index (χ2n) is 3.03. The summed E-state index contributed by atoms with van der Waals surface area (Å²) in [4.78, 5) is 0. The Balaban J connectivity index is 2.48. The average molecular weight is 314 g/mol. The lowest BCUT2D eigenvalue weighted by Gasteiger charge is -2.11. The van der Waals surface area contributed by atoms with Crippen LogP contribution in [0.15, 0.2) is 30.3 Å². The van der Waals surface area contributed by atoms with Gasteiger partial charge in [-0.1, -0.05) is 52.9 Å². The number of benzene rings is 1. The third-order valence-corrected chi connectivity index (χ3v) is 3.18. The fraction of sp³-hybridized carbons (Fsp3) is 0.400. The highest BCUT2D eigenvalue weighted by Gasteiger charge is 2.27. The van der Waals surface area contributed by atoms with Crippen LogP contribution >= 0.6 is 22.6 Å². The topological polar surface area (TPSA) is 0 Å². The summed E-state index contributed by atoms with van der Waals surface area (Å²) in [5.41, 5.74) is 0.956. The van der Waals surface area contributed by atoms with Crippen molar-refractivity contribution in [2.75, 3.05) is 0 Å². The molecule has 0 fully saturated rings. The van der Waals surface area contributed by atoms with E-state index in [1.54, 1.807) is 0 Å². The van der Waals surface area contributed by atoms with E-state index in [1.165, 1.54) is 0 Å². The summed E-state index contributed by atoms with van der Waals surface area (Å²) in [6.07, 6.45) is -4.61. The molecule has 0 aromatic heterocycles. The fourth-order valence-corrected chi connectivity index (χ4v) is 1.85. The van der Waals surface area contributed by atoms with Gasteiger partial charge in [-0.2, -0.15) is 13.2 Å². The van der Waals surface area contributed by atoms with Crippen LogP contribution in [0, 0.1) is 0 Å². The largest absolute Gasteiger partial charge is 0.389 e. The molecule has 78 valence electrons. The molecular formula is C10H10F3I. The number of alkyl halides is 4. The van der Waals surface area contributed by atoms with Gasteiger partial charge in [0, 0.05) is 10.3 Å². The van der Waals surface area contributed by atoms with E-state index in [9.17, 15) is 13.2 Å². The summed E-state index contributed by atoms with van der Waals surface area (Å²) < 4.78 is 35.7. The molecule has 14 heavy (non-hydrogen) atoms. The van der Waals surface area contributed by atoms with Crippen molar-refractivity contribution in [2.45, 2.75) is 22.9 Å². The minimum Gasteiger partial charge on any atom is -0.171 e. The molecular weight excluding hydrogens is 304 g/mol. The van der Waals surface area contributed by atoms with Gasteiger partial charge in [-0.15, -0.1) is 0 Å². The lowest BCUT2D eigenvalue weighted by molar-refractivity contribution is -0.135. The number of halogens is 4. The van der Waals surface area contributed by atoms with Crippen LogP contribution in [0.3, 0.4) is 0 Å². The molecule has 0 spiro atoms. The van der Waals surface area contributed by atoms with Crippen LogP contribution in [-0.2, 0) is 0 Å². The van der Waals surface area contributed by atoms with E-state index < -0.39 is 12.6 Å². The van der Waals surface area contributed by atoms with Crippen LogP contribution in [-0.4, -0.2) is 6.18 Å². The maximum Gasteiger partial charge on any atom is 0.389 e. The van der Waals surface area contributed by atoms with E-state index in [-0.39, 0.29) is 10.3 Å². The minimum absolute atomic E-state index is 0.0598. The quantitative estimate of drug-likeness (QED) is 0.569. The molecule has 0 amide bonds. The van der Waals surface area contributed by atoms with E-state index >= 15 is 0 Å². The molecule has 0 nitrogen and oxygen atoms in total. The molecule has 1 atom stereocenters. The Kier molecular flexibility index (Phi) is 4.22. The highest BCUT2D eigenvalue weighted by molar-refractivity contribution is 14.1. The first-order chi connectivity index (χ1) is 6.49. The summed E-state index contributed by atoms with van der Waals surface area (Å²) in [5, 5.41) is 0. The van der Waals surface area contributed by atoms with Gasteiger partial charge in [-0.3, -0.25) is 0 Å². The van der Waals surface area contributed by atoms with Gasteiger partial charge in [-0.25, -0.2) is 0 Å². The van der Waals surface area contributed by atoms with Crippen LogP contribution in [0.25, 0.3) is 0 Å². The van der Waals surface area contributed by atoms with Gasteiger partial charge < -0.3 is 0 Å². The first-order valence-electron chi connectivity index (χ1n) is 4.25. The Morgan fingerprint density at radius 2 is 1.71 bits per heavy atom. The van der Waals surface area contributed by atoms with Gasteiger partial charge in [-0.05, 0) is 12.0 Å².